The van der Waals surface area contributed by atoms with Gasteiger partial charge >= 0.3 is 0 Å². The molecule has 6 atom stereocenters. The zero-order valence-corrected chi connectivity index (χ0v) is 18.7. The van der Waals surface area contributed by atoms with Gasteiger partial charge in [-0.3, -0.25) is 4.79 Å². The molecule has 4 bridgehead atoms. The number of hydrogen-bond donors (Lipinski definition) is 2. The van der Waals surface area contributed by atoms with Gasteiger partial charge < -0.3 is 15.4 Å². The fourth-order valence-corrected chi connectivity index (χ4v) is 8.03. The van der Waals surface area contributed by atoms with Crippen LogP contribution in [-0.2, 0) is 14.9 Å². The van der Waals surface area contributed by atoms with Gasteiger partial charge in [0.15, 0.2) is 0 Å². The van der Waals surface area contributed by atoms with E-state index >= 15 is 0 Å². The molecule has 4 aliphatic carbocycles. The van der Waals surface area contributed by atoms with Crippen LogP contribution in [0.1, 0.15) is 64.4 Å². The molecule has 1 amide bonds. The van der Waals surface area contributed by atoms with E-state index in [-0.39, 0.29) is 16.2 Å². The van der Waals surface area contributed by atoms with Crippen molar-refractivity contribution in [3.8, 4) is 0 Å². The fourth-order valence-electron chi connectivity index (χ4n) is 8.03. The molecule has 30 heavy (non-hydrogen) atoms. The molecular formula is C26H38N2O2. The number of ether oxygens (including phenoxy) is 1. The van der Waals surface area contributed by atoms with E-state index in [1.54, 1.807) is 0 Å². The van der Waals surface area contributed by atoms with Crippen LogP contribution in [0.3, 0.4) is 0 Å². The Morgan fingerprint density at radius 1 is 1.17 bits per heavy atom. The highest BCUT2D eigenvalue weighted by Gasteiger charge is 2.66. The first-order chi connectivity index (χ1) is 14.5. The van der Waals surface area contributed by atoms with Gasteiger partial charge in [-0.05, 0) is 93.2 Å². The van der Waals surface area contributed by atoms with Gasteiger partial charge in [0, 0.05) is 12.6 Å². The van der Waals surface area contributed by atoms with E-state index in [0.29, 0.717) is 23.8 Å². The average Bonchev–Trinajstić information content (AvgIpc) is 2.74. The van der Waals surface area contributed by atoms with Crippen molar-refractivity contribution in [2.45, 2.75) is 70.3 Å². The van der Waals surface area contributed by atoms with Crippen LogP contribution in [0.4, 0.5) is 0 Å². The molecule has 4 unspecified atom stereocenters. The third kappa shape index (κ3) is 3.40. The molecule has 0 spiro atoms. The second-order valence-corrected chi connectivity index (χ2v) is 11.1. The Balaban J connectivity index is 1.48. The second-order valence-electron chi connectivity index (χ2n) is 11.1. The van der Waals surface area contributed by atoms with E-state index in [1.807, 2.05) is 0 Å². The van der Waals surface area contributed by atoms with Crippen molar-refractivity contribution >= 4 is 5.91 Å². The van der Waals surface area contributed by atoms with Crippen LogP contribution in [0.15, 0.2) is 30.3 Å². The summed E-state index contributed by atoms with van der Waals surface area (Å²) < 4.78 is 6.05. The minimum absolute atomic E-state index is 0.134. The molecule has 1 saturated heterocycles. The maximum atomic E-state index is 13.9. The van der Waals surface area contributed by atoms with Gasteiger partial charge in [0.2, 0.25) is 5.91 Å². The Kier molecular flexibility index (Phi) is 5.22. The molecule has 164 valence electrons. The van der Waals surface area contributed by atoms with E-state index in [2.05, 4.69) is 54.8 Å². The molecule has 0 radical (unpaired) electrons. The average molecular weight is 411 g/mol. The molecule has 0 aromatic heterocycles. The highest BCUT2D eigenvalue weighted by molar-refractivity contribution is 5.84. The number of amides is 1. The molecular weight excluding hydrogens is 372 g/mol. The summed E-state index contributed by atoms with van der Waals surface area (Å²) in [6.45, 7) is 7.94. The van der Waals surface area contributed by atoms with Crippen LogP contribution in [-0.4, -0.2) is 38.3 Å². The van der Waals surface area contributed by atoms with Gasteiger partial charge in [-0.1, -0.05) is 37.3 Å². The van der Waals surface area contributed by atoms with E-state index in [0.717, 1.165) is 52.0 Å². The van der Waals surface area contributed by atoms with E-state index in [4.69, 9.17) is 4.74 Å². The monoisotopic (exact) mass is 410 g/mol. The highest BCUT2D eigenvalue weighted by atomic mass is 16.5. The molecule has 2 N–H and O–H groups in total. The zero-order valence-electron chi connectivity index (χ0n) is 18.7. The largest absolute Gasteiger partial charge is 0.381 e. The molecule has 5 aliphatic rings. The Morgan fingerprint density at radius 2 is 2.00 bits per heavy atom. The van der Waals surface area contributed by atoms with Gasteiger partial charge in [-0.25, -0.2) is 0 Å². The van der Waals surface area contributed by atoms with Gasteiger partial charge in [0.25, 0.3) is 0 Å². The fraction of sp³-hybridized carbons (Fsp3) is 0.731. The molecule has 1 aliphatic heterocycles. The quantitative estimate of drug-likeness (QED) is 0.744. The van der Waals surface area contributed by atoms with Crippen molar-refractivity contribution in [2.75, 3.05) is 26.3 Å². The normalized spacial score (nSPS) is 42.3. The molecule has 4 saturated carbocycles. The Bertz CT molecular complexity index is 782. The van der Waals surface area contributed by atoms with Crippen LogP contribution < -0.4 is 10.6 Å². The van der Waals surface area contributed by atoms with Gasteiger partial charge in [-0.15, -0.1) is 0 Å². The predicted octanol–water partition coefficient (Wildman–Crippen LogP) is 4.05. The number of carbonyl (C=O) groups excluding carboxylic acids is 1. The third-order valence-corrected chi connectivity index (χ3v) is 8.77. The summed E-state index contributed by atoms with van der Waals surface area (Å²) >= 11 is 0. The Labute approximate surface area is 181 Å². The minimum Gasteiger partial charge on any atom is -0.381 e. The van der Waals surface area contributed by atoms with Crippen LogP contribution >= 0.6 is 0 Å². The van der Waals surface area contributed by atoms with Crippen molar-refractivity contribution in [1.82, 2.24) is 10.6 Å². The van der Waals surface area contributed by atoms with E-state index < -0.39 is 0 Å². The van der Waals surface area contributed by atoms with Gasteiger partial charge in [0.1, 0.15) is 0 Å². The number of piperidine rings is 1. The second kappa shape index (κ2) is 7.63. The van der Waals surface area contributed by atoms with Crippen molar-refractivity contribution in [3.05, 3.63) is 35.9 Å². The lowest BCUT2D eigenvalue weighted by Crippen LogP contribution is -2.65. The topological polar surface area (TPSA) is 50.4 Å². The first kappa shape index (κ1) is 20.5. The SMILES string of the molecule is CCOC[C@]12CC3CC(C(=O)NC4CCNCC4C)(C1)C[C@@](c1ccccc1)(C3)C2. The lowest BCUT2D eigenvalue weighted by molar-refractivity contribution is -0.173. The minimum atomic E-state index is -0.225. The summed E-state index contributed by atoms with van der Waals surface area (Å²) in [5, 5.41) is 7.01. The first-order valence-electron chi connectivity index (χ1n) is 12.1. The lowest BCUT2D eigenvalue weighted by Gasteiger charge is -2.66. The Morgan fingerprint density at radius 3 is 2.77 bits per heavy atom. The summed E-state index contributed by atoms with van der Waals surface area (Å²) in [4.78, 5) is 13.9. The molecule has 5 fully saturated rings. The molecule has 1 aromatic carbocycles. The molecule has 4 nitrogen and oxygen atoms in total. The standard InChI is InChI=1S/C26H38N2O2/c1-3-30-18-24-11-20-12-25(15-24,21-7-5-4-6-8-21)17-26(13-20,16-24)23(29)28-22-9-10-27-14-19(22)2/h4-8,19-20,22,27H,3,9-18H2,1-2H3,(H,28,29)/t19?,20?,22?,24-,25+,26?/m0/s1. The zero-order chi connectivity index (χ0) is 20.8. The van der Waals surface area contributed by atoms with Crippen LogP contribution in [0.5, 0.6) is 0 Å². The summed E-state index contributed by atoms with van der Waals surface area (Å²) in [6.07, 6.45) is 7.79. The van der Waals surface area contributed by atoms with E-state index in [9.17, 15) is 4.79 Å². The van der Waals surface area contributed by atoms with Crippen LogP contribution in [0.2, 0.25) is 0 Å². The summed E-state index contributed by atoms with van der Waals surface area (Å²) in [6, 6.07) is 11.4. The number of benzene rings is 1. The van der Waals surface area contributed by atoms with E-state index in [1.165, 1.54) is 24.8 Å². The Hall–Kier alpha value is -1.39. The maximum absolute atomic E-state index is 13.9. The van der Waals surface area contributed by atoms with Crippen molar-refractivity contribution < 1.29 is 9.53 Å². The third-order valence-electron chi connectivity index (χ3n) is 8.77. The summed E-state index contributed by atoms with van der Waals surface area (Å²) in [7, 11) is 0. The van der Waals surface area contributed by atoms with Crippen LogP contribution in [0.25, 0.3) is 0 Å². The molecule has 1 heterocycles. The number of rotatable bonds is 6. The predicted molar refractivity (Wildman–Crippen MR) is 119 cm³/mol. The van der Waals surface area contributed by atoms with Crippen LogP contribution in [0, 0.1) is 22.7 Å². The smallest absolute Gasteiger partial charge is 0.226 e. The molecule has 6 rings (SSSR count). The van der Waals surface area contributed by atoms with Gasteiger partial charge in [-0.2, -0.15) is 0 Å². The van der Waals surface area contributed by atoms with Crippen molar-refractivity contribution in [2.24, 2.45) is 22.7 Å². The van der Waals surface area contributed by atoms with Crippen molar-refractivity contribution in [1.29, 1.82) is 0 Å². The highest BCUT2D eigenvalue weighted by Crippen LogP contribution is 2.70. The number of carbonyl (C=O) groups is 1. The molecule has 4 heteroatoms. The molecule has 1 aromatic rings. The lowest BCUT2D eigenvalue weighted by atomic mass is 9.38. The summed E-state index contributed by atoms with van der Waals surface area (Å²) in [5.41, 5.74) is 1.51. The maximum Gasteiger partial charge on any atom is 0.226 e. The number of hydrogen-bond acceptors (Lipinski definition) is 3. The van der Waals surface area contributed by atoms with Crippen molar-refractivity contribution in [3.63, 3.8) is 0 Å². The van der Waals surface area contributed by atoms with Gasteiger partial charge in [0.05, 0.1) is 12.0 Å². The number of nitrogens with one attached hydrogen (secondary N) is 2. The first-order valence-corrected chi connectivity index (χ1v) is 12.1. The summed E-state index contributed by atoms with van der Waals surface area (Å²) in [5.74, 6) is 1.47.